The zero-order valence-electron chi connectivity index (χ0n) is 12.1. The maximum atomic E-state index is 10.4. The van der Waals surface area contributed by atoms with Crippen molar-refractivity contribution in [2.45, 2.75) is 0 Å². The highest BCUT2D eigenvalue weighted by Gasteiger charge is 1.94. The molecule has 0 aliphatic carbocycles. The van der Waals surface area contributed by atoms with Gasteiger partial charge in [-0.15, -0.1) is 0 Å². The second kappa shape index (κ2) is 8.27. The van der Waals surface area contributed by atoms with E-state index in [0.29, 0.717) is 5.56 Å². The van der Waals surface area contributed by atoms with E-state index in [1.165, 1.54) is 0 Å². The molecule has 0 aliphatic rings. The van der Waals surface area contributed by atoms with E-state index < -0.39 is 0 Å². The number of nitrogens with two attached hydrogens (primary N) is 1. The Morgan fingerprint density at radius 3 is 1.32 bits per heavy atom. The van der Waals surface area contributed by atoms with Crippen LogP contribution in [0.5, 0.6) is 11.5 Å². The van der Waals surface area contributed by atoms with Gasteiger partial charge in [0, 0.05) is 5.56 Å². The lowest BCUT2D eigenvalue weighted by atomic mass is 10.2. The molecule has 22 heavy (non-hydrogen) atoms. The summed E-state index contributed by atoms with van der Waals surface area (Å²) in [6.45, 7) is 0. The summed E-state index contributed by atoms with van der Waals surface area (Å²) in [6, 6.07) is 28.3. The average Bonchev–Trinajstić information content (AvgIpc) is 2.58. The monoisotopic (exact) mass is 291 g/mol. The summed E-state index contributed by atoms with van der Waals surface area (Å²) in [7, 11) is 0. The quantitative estimate of drug-likeness (QED) is 0.783. The van der Waals surface area contributed by atoms with E-state index in [4.69, 9.17) is 10.5 Å². The van der Waals surface area contributed by atoms with Crippen LogP contribution in [0.15, 0.2) is 91.0 Å². The lowest BCUT2D eigenvalue weighted by molar-refractivity contribution is 0.100. The molecule has 0 saturated heterocycles. The van der Waals surface area contributed by atoms with Crippen LogP contribution >= 0.6 is 0 Å². The molecular formula is C19H17NO2. The summed E-state index contributed by atoms with van der Waals surface area (Å²) < 4.78 is 5.58. The maximum absolute atomic E-state index is 10.4. The SMILES string of the molecule is NC(=O)c1ccccc1.c1ccc(Oc2ccccc2)cc1. The third-order valence-electron chi connectivity index (χ3n) is 2.78. The topological polar surface area (TPSA) is 52.3 Å². The summed E-state index contributed by atoms with van der Waals surface area (Å²) in [6.07, 6.45) is 0. The van der Waals surface area contributed by atoms with Crippen molar-refractivity contribution < 1.29 is 9.53 Å². The first-order valence-corrected chi connectivity index (χ1v) is 6.88. The Morgan fingerprint density at radius 2 is 1.00 bits per heavy atom. The van der Waals surface area contributed by atoms with Crippen LogP contribution < -0.4 is 10.5 Å². The van der Waals surface area contributed by atoms with Gasteiger partial charge in [0.25, 0.3) is 0 Å². The molecular weight excluding hydrogens is 274 g/mol. The minimum Gasteiger partial charge on any atom is -0.457 e. The van der Waals surface area contributed by atoms with Gasteiger partial charge < -0.3 is 10.5 Å². The molecule has 0 atom stereocenters. The summed E-state index contributed by atoms with van der Waals surface area (Å²) in [5, 5.41) is 0. The number of carbonyl (C=O) groups excluding carboxylic acids is 1. The third kappa shape index (κ3) is 5.13. The predicted octanol–water partition coefficient (Wildman–Crippen LogP) is 4.26. The standard InChI is InChI=1S/C12H10O.C7H7NO/c1-3-7-11(8-4-1)13-12-9-5-2-6-10-12;8-7(9)6-4-2-1-3-5-6/h1-10H;1-5H,(H2,8,9). The number of benzene rings is 3. The molecule has 0 spiro atoms. The fourth-order valence-corrected chi connectivity index (χ4v) is 1.72. The summed E-state index contributed by atoms with van der Waals surface area (Å²) in [5.74, 6) is 1.36. The minimum absolute atomic E-state index is 0.379. The van der Waals surface area contributed by atoms with E-state index >= 15 is 0 Å². The fourth-order valence-electron chi connectivity index (χ4n) is 1.72. The first kappa shape index (κ1) is 15.3. The Kier molecular flexibility index (Phi) is 5.76. The first-order valence-electron chi connectivity index (χ1n) is 6.88. The molecule has 0 unspecified atom stereocenters. The number of hydrogen-bond acceptors (Lipinski definition) is 2. The average molecular weight is 291 g/mol. The van der Waals surface area contributed by atoms with Crippen LogP contribution in [0.2, 0.25) is 0 Å². The molecule has 3 nitrogen and oxygen atoms in total. The summed E-state index contributed by atoms with van der Waals surface area (Å²) in [5.41, 5.74) is 5.53. The molecule has 0 bridgehead atoms. The van der Waals surface area contributed by atoms with Crippen LogP contribution in [0.1, 0.15) is 10.4 Å². The Morgan fingerprint density at radius 1 is 0.636 bits per heavy atom. The zero-order chi connectivity index (χ0) is 15.6. The molecule has 0 heterocycles. The number of hydrogen-bond donors (Lipinski definition) is 1. The molecule has 2 N–H and O–H groups in total. The van der Waals surface area contributed by atoms with Crippen molar-refractivity contribution in [3.05, 3.63) is 96.6 Å². The fraction of sp³-hybridized carbons (Fsp3) is 0. The Labute approximate surface area is 130 Å². The van der Waals surface area contributed by atoms with Crippen molar-refractivity contribution in [2.24, 2.45) is 5.73 Å². The van der Waals surface area contributed by atoms with Crippen molar-refractivity contribution >= 4 is 5.91 Å². The van der Waals surface area contributed by atoms with Gasteiger partial charge in [-0.3, -0.25) is 4.79 Å². The van der Waals surface area contributed by atoms with Gasteiger partial charge in [-0.25, -0.2) is 0 Å². The molecule has 0 radical (unpaired) electrons. The summed E-state index contributed by atoms with van der Waals surface area (Å²) in [4.78, 5) is 10.4. The molecule has 0 fully saturated rings. The number of carbonyl (C=O) groups is 1. The van der Waals surface area contributed by atoms with E-state index in [1.807, 2.05) is 66.7 Å². The van der Waals surface area contributed by atoms with E-state index in [9.17, 15) is 4.79 Å². The lowest BCUT2D eigenvalue weighted by Gasteiger charge is -2.03. The maximum Gasteiger partial charge on any atom is 0.248 e. The van der Waals surface area contributed by atoms with Crippen LogP contribution in [0, 0.1) is 0 Å². The van der Waals surface area contributed by atoms with E-state index in [-0.39, 0.29) is 5.91 Å². The number of para-hydroxylation sites is 2. The highest BCUT2D eigenvalue weighted by molar-refractivity contribution is 5.92. The number of primary amides is 1. The van der Waals surface area contributed by atoms with Crippen molar-refractivity contribution in [1.29, 1.82) is 0 Å². The largest absolute Gasteiger partial charge is 0.457 e. The second-order valence-corrected chi connectivity index (χ2v) is 4.46. The van der Waals surface area contributed by atoms with Crippen molar-refractivity contribution in [1.82, 2.24) is 0 Å². The molecule has 0 aromatic heterocycles. The molecule has 0 aliphatic heterocycles. The van der Waals surface area contributed by atoms with Crippen molar-refractivity contribution in [3.8, 4) is 11.5 Å². The second-order valence-electron chi connectivity index (χ2n) is 4.46. The van der Waals surface area contributed by atoms with Crippen LogP contribution in [0.25, 0.3) is 0 Å². The van der Waals surface area contributed by atoms with Crippen molar-refractivity contribution in [3.63, 3.8) is 0 Å². The Hall–Kier alpha value is -3.07. The van der Waals surface area contributed by atoms with Crippen LogP contribution in [0.3, 0.4) is 0 Å². The van der Waals surface area contributed by atoms with Crippen LogP contribution in [-0.4, -0.2) is 5.91 Å². The smallest absolute Gasteiger partial charge is 0.248 e. The zero-order valence-corrected chi connectivity index (χ0v) is 12.1. The van der Waals surface area contributed by atoms with Gasteiger partial charge in [-0.1, -0.05) is 54.6 Å². The summed E-state index contributed by atoms with van der Waals surface area (Å²) >= 11 is 0. The van der Waals surface area contributed by atoms with Crippen LogP contribution in [-0.2, 0) is 0 Å². The van der Waals surface area contributed by atoms with Gasteiger partial charge in [0.05, 0.1) is 0 Å². The predicted molar refractivity (Wildman–Crippen MR) is 87.9 cm³/mol. The van der Waals surface area contributed by atoms with Gasteiger partial charge in [-0.05, 0) is 36.4 Å². The molecule has 3 aromatic carbocycles. The van der Waals surface area contributed by atoms with Gasteiger partial charge in [0.2, 0.25) is 5.91 Å². The molecule has 110 valence electrons. The minimum atomic E-state index is -0.379. The first-order chi connectivity index (χ1) is 10.8. The van der Waals surface area contributed by atoms with Crippen molar-refractivity contribution in [2.75, 3.05) is 0 Å². The highest BCUT2D eigenvalue weighted by atomic mass is 16.5. The van der Waals surface area contributed by atoms with Crippen LogP contribution in [0.4, 0.5) is 0 Å². The molecule has 3 rings (SSSR count). The van der Waals surface area contributed by atoms with Gasteiger partial charge >= 0.3 is 0 Å². The molecule has 0 saturated carbocycles. The molecule has 1 amide bonds. The lowest BCUT2D eigenvalue weighted by Crippen LogP contribution is -2.09. The number of rotatable bonds is 3. The Bertz CT molecular complexity index is 645. The highest BCUT2D eigenvalue weighted by Crippen LogP contribution is 2.19. The normalized spacial score (nSPS) is 9.27. The number of ether oxygens (including phenoxy) is 1. The Balaban J connectivity index is 0.000000172. The van der Waals surface area contributed by atoms with E-state index in [1.54, 1.807) is 24.3 Å². The number of amides is 1. The van der Waals surface area contributed by atoms with E-state index in [0.717, 1.165) is 11.5 Å². The van der Waals surface area contributed by atoms with Gasteiger partial charge in [0.15, 0.2) is 0 Å². The van der Waals surface area contributed by atoms with Gasteiger partial charge in [-0.2, -0.15) is 0 Å². The molecule has 3 heteroatoms. The molecule has 3 aromatic rings. The van der Waals surface area contributed by atoms with E-state index in [2.05, 4.69) is 0 Å². The third-order valence-corrected chi connectivity index (χ3v) is 2.78. The van der Waals surface area contributed by atoms with Gasteiger partial charge in [0.1, 0.15) is 11.5 Å².